The van der Waals surface area contributed by atoms with E-state index in [-0.39, 0.29) is 22.7 Å². The van der Waals surface area contributed by atoms with Crippen molar-refractivity contribution in [3.63, 3.8) is 0 Å². The van der Waals surface area contributed by atoms with Crippen LogP contribution in [0.3, 0.4) is 0 Å². The molecular weight excluding hydrogens is 360 g/mol. The van der Waals surface area contributed by atoms with Gasteiger partial charge < -0.3 is 4.42 Å². The number of rotatable bonds is 6. The Bertz CT molecular complexity index is 797. The molecule has 1 heterocycles. The lowest BCUT2D eigenvalue weighted by Gasteiger charge is -2.17. The molecule has 0 unspecified atom stereocenters. The quantitative estimate of drug-likeness (QED) is 0.407. The van der Waals surface area contributed by atoms with E-state index < -0.39 is 9.85 Å². The number of aromatic nitrogens is 2. The molecule has 0 saturated heterocycles. The van der Waals surface area contributed by atoms with Gasteiger partial charge in [0.2, 0.25) is 5.89 Å². The first-order valence-electron chi connectivity index (χ1n) is 8.34. The molecule has 1 fully saturated rings. The van der Waals surface area contributed by atoms with Crippen molar-refractivity contribution in [3.05, 3.63) is 49.4 Å². The van der Waals surface area contributed by atoms with Crippen molar-refractivity contribution in [1.82, 2.24) is 10.2 Å². The SMILES string of the molecule is Cc1c([N+](=O)[O-])cc(CSc2nnc(C3CCCCC3)o2)cc1[N+](=O)[O-]. The van der Waals surface area contributed by atoms with Crippen molar-refractivity contribution < 1.29 is 14.3 Å². The third-order valence-electron chi connectivity index (χ3n) is 4.54. The average Bonchev–Trinajstić information content (AvgIpc) is 3.10. The standard InChI is InChI=1S/C16H18N4O5S/c1-10-13(19(21)22)7-11(8-14(10)20(23)24)9-26-16-18-17-15(25-16)12-5-3-2-4-6-12/h7-8,12H,2-6,9H2,1H3. The van der Waals surface area contributed by atoms with Gasteiger partial charge in [0.15, 0.2) is 0 Å². The first kappa shape index (κ1) is 18.3. The molecule has 0 radical (unpaired) electrons. The summed E-state index contributed by atoms with van der Waals surface area (Å²) in [7, 11) is 0. The maximum atomic E-state index is 11.1. The molecular formula is C16H18N4O5S. The van der Waals surface area contributed by atoms with Crippen LogP contribution in [0, 0.1) is 27.2 Å². The second-order valence-corrected chi connectivity index (χ2v) is 7.23. The highest BCUT2D eigenvalue weighted by atomic mass is 32.2. The molecule has 0 bridgehead atoms. The number of benzene rings is 1. The summed E-state index contributed by atoms with van der Waals surface area (Å²) in [4.78, 5) is 21.1. The Kier molecular flexibility index (Phi) is 5.50. The highest BCUT2D eigenvalue weighted by Crippen LogP contribution is 2.35. The van der Waals surface area contributed by atoms with Crippen molar-refractivity contribution in [1.29, 1.82) is 0 Å². The highest BCUT2D eigenvalue weighted by molar-refractivity contribution is 7.98. The van der Waals surface area contributed by atoms with Gasteiger partial charge in [-0.2, -0.15) is 0 Å². The molecule has 1 aliphatic carbocycles. The van der Waals surface area contributed by atoms with Crippen molar-refractivity contribution in [2.75, 3.05) is 0 Å². The normalized spacial score (nSPS) is 15.1. The lowest BCUT2D eigenvalue weighted by molar-refractivity contribution is -0.395. The van der Waals surface area contributed by atoms with Gasteiger partial charge in [0.05, 0.1) is 9.85 Å². The van der Waals surface area contributed by atoms with E-state index >= 15 is 0 Å². The Morgan fingerprint density at radius 2 is 1.73 bits per heavy atom. The monoisotopic (exact) mass is 378 g/mol. The van der Waals surface area contributed by atoms with Crippen LogP contribution >= 0.6 is 11.8 Å². The van der Waals surface area contributed by atoms with Gasteiger partial charge in [-0.15, -0.1) is 10.2 Å². The minimum atomic E-state index is -0.607. The van der Waals surface area contributed by atoms with Gasteiger partial charge in [0.1, 0.15) is 5.56 Å². The fraction of sp³-hybridized carbons (Fsp3) is 0.500. The third-order valence-corrected chi connectivity index (χ3v) is 5.43. The smallest absolute Gasteiger partial charge is 0.279 e. The number of nitro benzene ring substituents is 2. The molecule has 1 aliphatic rings. The summed E-state index contributed by atoms with van der Waals surface area (Å²) in [6, 6.07) is 2.71. The van der Waals surface area contributed by atoms with Gasteiger partial charge in [-0.25, -0.2) is 0 Å². The largest absolute Gasteiger partial charge is 0.416 e. The van der Waals surface area contributed by atoms with E-state index in [1.54, 1.807) is 0 Å². The Labute approximate surface area is 153 Å². The second-order valence-electron chi connectivity index (χ2n) is 6.30. The van der Waals surface area contributed by atoms with Crippen molar-refractivity contribution in [3.8, 4) is 0 Å². The maximum Gasteiger partial charge on any atom is 0.279 e. The predicted molar refractivity (Wildman–Crippen MR) is 94.2 cm³/mol. The van der Waals surface area contributed by atoms with E-state index in [0.29, 0.717) is 22.6 Å². The van der Waals surface area contributed by atoms with Crippen molar-refractivity contribution >= 4 is 23.1 Å². The fourth-order valence-corrected chi connectivity index (χ4v) is 3.84. The summed E-state index contributed by atoms with van der Waals surface area (Å²) < 4.78 is 5.70. The summed E-state index contributed by atoms with van der Waals surface area (Å²) >= 11 is 1.22. The molecule has 0 N–H and O–H groups in total. The Balaban J connectivity index is 1.74. The van der Waals surface area contributed by atoms with Crippen LogP contribution in [0.2, 0.25) is 0 Å². The topological polar surface area (TPSA) is 125 Å². The van der Waals surface area contributed by atoms with Crippen LogP contribution in [0.4, 0.5) is 11.4 Å². The minimum absolute atomic E-state index is 0.0473. The molecule has 0 aliphatic heterocycles. The summed E-state index contributed by atoms with van der Waals surface area (Å²) in [5.74, 6) is 1.20. The Hall–Kier alpha value is -2.49. The van der Waals surface area contributed by atoms with Crippen LogP contribution in [0.15, 0.2) is 21.8 Å². The molecule has 0 amide bonds. The van der Waals surface area contributed by atoms with E-state index in [4.69, 9.17) is 4.42 Å². The fourth-order valence-electron chi connectivity index (χ4n) is 3.14. The average molecular weight is 378 g/mol. The number of nitro groups is 2. The molecule has 1 aromatic heterocycles. The van der Waals surface area contributed by atoms with Crippen LogP contribution in [0.25, 0.3) is 0 Å². The van der Waals surface area contributed by atoms with E-state index in [0.717, 1.165) is 25.7 Å². The van der Waals surface area contributed by atoms with Gasteiger partial charge >= 0.3 is 0 Å². The number of hydrogen-bond donors (Lipinski definition) is 0. The third kappa shape index (κ3) is 4.01. The molecule has 1 saturated carbocycles. The summed E-state index contributed by atoms with van der Waals surface area (Å²) in [5, 5.41) is 30.8. The Morgan fingerprint density at radius 1 is 1.12 bits per heavy atom. The van der Waals surface area contributed by atoms with Crippen molar-refractivity contribution in [2.45, 2.75) is 55.9 Å². The molecule has 0 spiro atoms. The molecule has 0 atom stereocenters. The molecule has 9 nitrogen and oxygen atoms in total. The maximum absolute atomic E-state index is 11.1. The van der Waals surface area contributed by atoms with E-state index in [1.165, 1.54) is 37.2 Å². The summed E-state index contributed by atoms with van der Waals surface area (Å²) in [6.07, 6.45) is 5.64. The van der Waals surface area contributed by atoms with E-state index in [1.807, 2.05) is 0 Å². The first-order valence-corrected chi connectivity index (χ1v) is 9.32. The zero-order valence-electron chi connectivity index (χ0n) is 14.2. The van der Waals surface area contributed by atoms with Crippen LogP contribution in [-0.2, 0) is 5.75 Å². The van der Waals surface area contributed by atoms with Crippen LogP contribution in [-0.4, -0.2) is 20.0 Å². The summed E-state index contributed by atoms with van der Waals surface area (Å²) in [5.41, 5.74) is -0.00557. The molecule has 26 heavy (non-hydrogen) atoms. The zero-order valence-corrected chi connectivity index (χ0v) is 15.0. The van der Waals surface area contributed by atoms with Crippen LogP contribution in [0.5, 0.6) is 0 Å². The Morgan fingerprint density at radius 3 is 2.31 bits per heavy atom. The van der Waals surface area contributed by atoms with Gasteiger partial charge in [-0.1, -0.05) is 31.0 Å². The molecule has 138 valence electrons. The minimum Gasteiger partial charge on any atom is -0.416 e. The number of nitrogens with zero attached hydrogens (tertiary/aromatic N) is 4. The zero-order chi connectivity index (χ0) is 18.7. The van der Waals surface area contributed by atoms with Gasteiger partial charge in [0.25, 0.3) is 16.6 Å². The van der Waals surface area contributed by atoms with Gasteiger partial charge in [-0.3, -0.25) is 20.2 Å². The van der Waals surface area contributed by atoms with Crippen molar-refractivity contribution in [2.24, 2.45) is 0 Å². The molecule has 3 rings (SSSR count). The summed E-state index contributed by atoms with van der Waals surface area (Å²) in [6.45, 7) is 1.38. The van der Waals surface area contributed by atoms with E-state index in [9.17, 15) is 20.2 Å². The highest BCUT2D eigenvalue weighted by Gasteiger charge is 2.24. The van der Waals surface area contributed by atoms with Crippen LogP contribution < -0.4 is 0 Å². The molecule has 10 heteroatoms. The lowest BCUT2D eigenvalue weighted by atomic mass is 9.89. The predicted octanol–water partition coefficient (Wildman–Crippen LogP) is 4.53. The molecule has 1 aromatic carbocycles. The van der Waals surface area contributed by atoms with Crippen LogP contribution in [0.1, 0.15) is 55.0 Å². The van der Waals surface area contributed by atoms with Gasteiger partial charge in [-0.05, 0) is 25.3 Å². The second kappa shape index (κ2) is 7.81. The number of thioether (sulfide) groups is 1. The lowest BCUT2D eigenvalue weighted by Crippen LogP contribution is -2.04. The number of hydrogen-bond acceptors (Lipinski definition) is 8. The molecule has 2 aromatic rings. The van der Waals surface area contributed by atoms with Gasteiger partial charge in [0, 0.05) is 23.8 Å². The van der Waals surface area contributed by atoms with E-state index in [2.05, 4.69) is 10.2 Å². The first-order chi connectivity index (χ1) is 12.5.